The van der Waals surface area contributed by atoms with E-state index in [-0.39, 0.29) is 5.75 Å². The Kier molecular flexibility index (Phi) is 6.02. The summed E-state index contributed by atoms with van der Waals surface area (Å²) in [5.74, 6) is 1.00. The van der Waals surface area contributed by atoms with Crippen LogP contribution in [0.2, 0.25) is 0 Å². The number of rotatable bonds is 5. The summed E-state index contributed by atoms with van der Waals surface area (Å²) >= 11 is 3.34. The predicted octanol–water partition coefficient (Wildman–Crippen LogP) is 2.41. The van der Waals surface area contributed by atoms with Crippen molar-refractivity contribution in [2.75, 3.05) is 33.3 Å². The zero-order valence-corrected chi connectivity index (χ0v) is 19.0. The Balaban J connectivity index is 1.51. The number of piperazine rings is 1. The van der Waals surface area contributed by atoms with E-state index in [2.05, 4.69) is 15.9 Å². The summed E-state index contributed by atoms with van der Waals surface area (Å²) in [4.78, 5) is 1.54. The van der Waals surface area contributed by atoms with E-state index in [9.17, 15) is 13.5 Å². The van der Waals surface area contributed by atoms with Gasteiger partial charge in [0, 0.05) is 4.47 Å². The first-order chi connectivity index (χ1) is 14.4. The Bertz CT molecular complexity index is 1170. The Morgan fingerprint density at radius 1 is 1.10 bits per heavy atom. The van der Waals surface area contributed by atoms with Crippen LogP contribution >= 0.6 is 15.9 Å². The monoisotopic (exact) mass is 491 g/mol. The molecule has 30 heavy (non-hydrogen) atoms. The maximum atomic E-state index is 12.9. The minimum Gasteiger partial charge on any atom is -0.507 e. The van der Waals surface area contributed by atoms with E-state index >= 15 is 0 Å². The smallest absolute Gasteiger partial charge is 0.243 e. The molecule has 1 aliphatic heterocycles. The maximum Gasteiger partial charge on any atom is 0.243 e. The molecule has 0 aromatic heterocycles. The molecule has 0 aliphatic carbocycles. The second-order valence-corrected chi connectivity index (χ2v) is 10.3. The van der Waals surface area contributed by atoms with Crippen LogP contribution in [0.3, 0.4) is 0 Å². The van der Waals surface area contributed by atoms with E-state index in [1.54, 1.807) is 35.7 Å². The number of quaternary nitrogens is 1. The fourth-order valence-corrected chi connectivity index (χ4v) is 5.95. The Morgan fingerprint density at radius 2 is 1.83 bits per heavy atom. The fraction of sp³-hybridized carbons (Fsp3) is 0.273. The Hall–Kier alpha value is -2.13. The maximum absolute atomic E-state index is 12.9. The molecule has 0 amide bonds. The lowest BCUT2D eigenvalue weighted by molar-refractivity contribution is -0.917. The molecule has 158 valence electrons. The lowest BCUT2D eigenvalue weighted by Gasteiger charge is -2.32. The lowest BCUT2D eigenvalue weighted by Crippen LogP contribution is -3.13. The third-order valence-corrected chi connectivity index (χ3v) is 7.99. The Labute approximate surface area is 184 Å². The van der Waals surface area contributed by atoms with Crippen LogP contribution in [-0.2, 0) is 16.6 Å². The van der Waals surface area contributed by atoms with Crippen LogP contribution in [0.15, 0.2) is 64.0 Å². The van der Waals surface area contributed by atoms with Crippen molar-refractivity contribution in [3.63, 3.8) is 0 Å². The molecule has 0 saturated carbocycles. The van der Waals surface area contributed by atoms with E-state index in [1.807, 2.05) is 30.3 Å². The molecule has 1 saturated heterocycles. The zero-order chi connectivity index (χ0) is 21.3. The number of aromatic hydroxyl groups is 1. The molecule has 3 aromatic rings. The first kappa shape index (κ1) is 21.1. The van der Waals surface area contributed by atoms with Crippen molar-refractivity contribution in [3.05, 3.63) is 64.6 Å². The number of phenolic OH excluding ortho intramolecular Hbond substituents is 1. The standard InChI is InChI=1S/C22H23BrN2O4S/c1-29-18-7-5-16-6-8-22(26)21(20(16)14-18)15-24-9-11-25(12-10-24)30(27,28)19-4-2-3-17(23)13-19/h2-8,13-14,26H,9-12,15H2,1H3/p+1. The molecule has 4 rings (SSSR count). The summed E-state index contributed by atoms with van der Waals surface area (Å²) in [5, 5.41) is 12.5. The number of hydrogen-bond donors (Lipinski definition) is 2. The van der Waals surface area contributed by atoms with E-state index in [0.29, 0.717) is 37.6 Å². The van der Waals surface area contributed by atoms with E-state index < -0.39 is 10.0 Å². The van der Waals surface area contributed by atoms with Gasteiger partial charge in [0.05, 0.1) is 43.7 Å². The lowest BCUT2D eigenvalue weighted by atomic mass is 10.0. The largest absolute Gasteiger partial charge is 0.507 e. The highest BCUT2D eigenvalue weighted by molar-refractivity contribution is 9.10. The zero-order valence-electron chi connectivity index (χ0n) is 16.6. The molecule has 0 bridgehead atoms. The topological polar surface area (TPSA) is 71.3 Å². The van der Waals surface area contributed by atoms with Crippen molar-refractivity contribution in [1.82, 2.24) is 4.31 Å². The van der Waals surface area contributed by atoms with Gasteiger partial charge in [-0.2, -0.15) is 4.31 Å². The number of nitrogens with zero attached hydrogens (tertiary/aromatic N) is 1. The van der Waals surface area contributed by atoms with Gasteiger partial charge in [-0.3, -0.25) is 0 Å². The minimum atomic E-state index is -3.51. The molecule has 0 radical (unpaired) electrons. The van der Waals surface area contributed by atoms with Gasteiger partial charge < -0.3 is 14.7 Å². The van der Waals surface area contributed by atoms with Gasteiger partial charge in [0.25, 0.3) is 0 Å². The molecule has 0 atom stereocenters. The third kappa shape index (κ3) is 4.18. The molecular formula is C22H24BrN2O4S+. The van der Waals surface area contributed by atoms with Crippen LogP contribution in [0.1, 0.15) is 5.56 Å². The third-order valence-electron chi connectivity index (χ3n) is 5.61. The van der Waals surface area contributed by atoms with E-state index in [1.165, 1.54) is 4.90 Å². The minimum absolute atomic E-state index is 0.257. The van der Waals surface area contributed by atoms with Crippen molar-refractivity contribution in [3.8, 4) is 11.5 Å². The molecule has 3 aromatic carbocycles. The summed E-state index contributed by atoms with van der Waals surface area (Å²) in [7, 11) is -1.88. The molecule has 8 heteroatoms. The summed E-state index contributed by atoms with van der Waals surface area (Å²) in [6.45, 7) is 2.86. The summed E-state index contributed by atoms with van der Waals surface area (Å²) in [6, 6.07) is 16.2. The van der Waals surface area contributed by atoms with Gasteiger partial charge in [-0.25, -0.2) is 8.42 Å². The SMILES string of the molecule is COc1ccc2ccc(O)c(C[NH+]3CCN(S(=O)(=O)c4cccc(Br)c4)CC3)c2c1. The summed E-state index contributed by atoms with van der Waals surface area (Å²) < 4.78 is 33.5. The second-order valence-electron chi connectivity index (χ2n) is 7.44. The van der Waals surface area contributed by atoms with Crippen molar-refractivity contribution in [1.29, 1.82) is 0 Å². The van der Waals surface area contributed by atoms with Crippen molar-refractivity contribution in [2.24, 2.45) is 0 Å². The highest BCUT2D eigenvalue weighted by Crippen LogP contribution is 2.29. The molecule has 1 aliphatic rings. The number of ether oxygens (including phenoxy) is 1. The number of nitrogens with one attached hydrogen (secondary N) is 1. The highest BCUT2D eigenvalue weighted by atomic mass is 79.9. The van der Waals surface area contributed by atoms with Gasteiger partial charge in [0.2, 0.25) is 10.0 Å². The average Bonchev–Trinajstić information content (AvgIpc) is 2.76. The average molecular weight is 492 g/mol. The van der Waals surface area contributed by atoms with Gasteiger partial charge in [-0.15, -0.1) is 0 Å². The number of hydrogen-bond acceptors (Lipinski definition) is 4. The van der Waals surface area contributed by atoms with Crippen LogP contribution in [0.5, 0.6) is 11.5 Å². The molecule has 0 spiro atoms. The Morgan fingerprint density at radius 3 is 2.53 bits per heavy atom. The normalized spacial score (nSPS) is 16.1. The van der Waals surface area contributed by atoms with Crippen LogP contribution < -0.4 is 9.64 Å². The van der Waals surface area contributed by atoms with Gasteiger partial charge in [0.15, 0.2) is 0 Å². The molecule has 6 nitrogen and oxygen atoms in total. The van der Waals surface area contributed by atoms with Crippen molar-refractivity contribution in [2.45, 2.75) is 11.4 Å². The van der Waals surface area contributed by atoms with Crippen LogP contribution in [-0.4, -0.2) is 51.1 Å². The number of phenols is 1. The molecule has 1 fully saturated rings. The van der Waals surface area contributed by atoms with E-state index in [0.717, 1.165) is 26.6 Å². The van der Waals surface area contributed by atoms with Crippen LogP contribution in [0.25, 0.3) is 10.8 Å². The van der Waals surface area contributed by atoms with Crippen LogP contribution in [0.4, 0.5) is 0 Å². The second kappa shape index (κ2) is 8.55. The van der Waals surface area contributed by atoms with Gasteiger partial charge in [-0.05, 0) is 47.2 Å². The summed E-state index contributed by atoms with van der Waals surface area (Å²) in [6.07, 6.45) is 0. The summed E-state index contributed by atoms with van der Waals surface area (Å²) in [5.41, 5.74) is 0.865. The number of sulfonamides is 1. The molecule has 2 N–H and O–H groups in total. The number of fused-ring (bicyclic) bond motifs is 1. The predicted molar refractivity (Wildman–Crippen MR) is 119 cm³/mol. The van der Waals surface area contributed by atoms with E-state index in [4.69, 9.17) is 4.74 Å². The fourth-order valence-electron chi connectivity index (χ4n) is 3.91. The quantitative estimate of drug-likeness (QED) is 0.574. The molecule has 1 heterocycles. The first-order valence-electron chi connectivity index (χ1n) is 9.76. The number of benzene rings is 3. The number of methoxy groups -OCH3 is 1. The van der Waals surface area contributed by atoms with Gasteiger partial charge in [0.1, 0.15) is 18.0 Å². The van der Waals surface area contributed by atoms with Crippen molar-refractivity contribution >= 4 is 36.7 Å². The number of halogens is 1. The highest BCUT2D eigenvalue weighted by Gasteiger charge is 2.31. The molecule has 0 unspecified atom stereocenters. The van der Waals surface area contributed by atoms with Gasteiger partial charge >= 0.3 is 0 Å². The first-order valence-corrected chi connectivity index (χ1v) is 12.0. The van der Waals surface area contributed by atoms with Crippen molar-refractivity contribution < 1.29 is 23.2 Å². The molecular weight excluding hydrogens is 468 g/mol. The van der Waals surface area contributed by atoms with Crippen LogP contribution in [0, 0.1) is 0 Å². The van der Waals surface area contributed by atoms with Gasteiger partial charge in [-0.1, -0.05) is 34.1 Å².